The van der Waals surface area contributed by atoms with Gasteiger partial charge >= 0.3 is 0 Å². The van der Waals surface area contributed by atoms with Crippen LogP contribution in [0.15, 0.2) is 23.0 Å². The molecule has 0 bridgehead atoms. The first-order valence-electron chi connectivity index (χ1n) is 5.16. The summed E-state index contributed by atoms with van der Waals surface area (Å²) in [5.41, 5.74) is 1.48. The number of H-pyrrole nitrogens is 1. The molecule has 6 heteroatoms. The van der Waals surface area contributed by atoms with Crippen LogP contribution in [0.4, 0.5) is 0 Å². The number of benzene rings is 1. The van der Waals surface area contributed by atoms with Crippen LogP contribution in [0.5, 0.6) is 0 Å². The van der Waals surface area contributed by atoms with Gasteiger partial charge in [-0.1, -0.05) is 29.3 Å². The van der Waals surface area contributed by atoms with Crippen LogP contribution < -0.4 is 5.56 Å². The molecule has 0 aliphatic heterocycles. The molecular formula is C12H9Cl2IN2O. The summed E-state index contributed by atoms with van der Waals surface area (Å²) < 4.78 is 0.610. The second-order valence-corrected chi connectivity index (χ2v) is 5.75. The van der Waals surface area contributed by atoms with Crippen LogP contribution >= 0.6 is 45.8 Å². The minimum atomic E-state index is -0.122. The topological polar surface area (TPSA) is 45.8 Å². The van der Waals surface area contributed by atoms with Gasteiger partial charge in [0.25, 0.3) is 5.56 Å². The number of halogens is 3. The molecule has 3 nitrogen and oxygen atoms in total. The van der Waals surface area contributed by atoms with Gasteiger partial charge in [-0.25, -0.2) is 4.98 Å². The molecule has 0 fully saturated rings. The minimum Gasteiger partial charge on any atom is -0.309 e. The lowest BCUT2D eigenvalue weighted by molar-refractivity contribution is 0.910. The van der Waals surface area contributed by atoms with Crippen molar-refractivity contribution >= 4 is 45.8 Å². The fourth-order valence-electron chi connectivity index (χ4n) is 1.56. The van der Waals surface area contributed by atoms with Crippen LogP contribution in [0.3, 0.4) is 0 Å². The van der Waals surface area contributed by atoms with Gasteiger partial charge in [0, 0.05) is 16.5 Å². The van der Waals surface area contributed by atoms with Gasteiger partial charge in [-0.3, -0.25) is 4.79 Å². The van der Waals surface area contributed by atoms with E-state index in [1.807, 2.05) is 35.6 Å². The fourth-order valence-corrected chi connectivity index (χ4v) is 2.29. The average molecular weight is 395 g/mol. The average Bonchev–Trinajstić information content (AvgIpc) is 2.29. The molecule has 1 N–H and O–H groups in total. The van der Waals surface area contributed by atoms with Crippen molar-refractivity contribution in [3.8, 4) is 0 Å². The molecule has 0 radical (unpaired) electrons. The van der Waals surface area contributed by atoms with Crippen LogP contribution in [-0.2, 0) is 6.42 Å². The lowest BCUT2D eigenvalue weighted by Gasteiger charge is -2.06. The Hall–Kier alpha value is -0.590. The molecule has 0 aliphatic rings. The number of nitrogens with one attached hydrogen (secondary N) is 1. The molecule has 0 aliphatic carbocycles. The number of aromatic nitrogens is 2. The fraction of sp³-hybridized carbons (Fsp3) is 0.167. The van der Waals surface area contributed by atoms with Gasteiger partial charge in [0.1, 0.15) is 5.82 Å². The van der Waals surface area contributed by atoms with Crippen molar-refractivity contribution in [1.29, 1.82) is 0 Å². The van der Waals surface area contributed by atoms with Crippen molar-refractivity contribution in [2.45, 2.75) is 13.3 Å². The van der Waals surface area contributed by atoms with Crippen molar-refractivity contribution in [1.82, 2.24) is 9.97 Å². The maximum atomic E-state index is 11.6. The summed E-state index contributed by atoms with van der Waals surface area (Å²) >= 11 is 13.9. The maximum absolute atomic E-state index is 11.6. The van der Waals surface area contributed by atoms with E-state index in [9.17, 15) is 4.79 Å². The third-order valence-electron chi connectivity index (χ3n) is 2.45. The van der Waals surface area contributed by atoms with Gasteiger partial charge in [0.2, 0.25) is 0 Å². The van der Waals surface area contributed by atoms with E-state index in [4.69, 9.17) is 23.2 Å². The Morgan fingerprint density at radius 2 is 2.11 bits per heavy atom. The first-order valence-corrected chi connectivity index (χ1v) is 7.00. The zero-order valence-corrected chi connectivity index (χ0v) is 13.1. The van der Waals surface area contributed by atoms with Crippen molar-refractivity contribution in [2.75, 3.05) is 0 Å². The molecular weight excluding hydrogens is 386 g/mol. The standard InChI is InChI=1S/C12H9Cl2IN2O/c1-6-11(15)12(18)17-10(16-6)4-7-2-3-8(13)5-9(7)14/h2-3,5H,4H2,1H3,(H,16,17,18). The van der Waals surface area contributed by atoms with Crippen LogP contribution in [0.25, 0.3) is 0 Å². The van der Waals surface area contributed by atoms with Crippen molar-refractivity contribution in [3.63, 3.8) is 0 Å². The second kappa shape index (κ2) is 5.59. The normalized spacial score (nSPS) is 10.7. The van der Waals surface area contributed by atoms with E-state index in [-0.39, 0.29) is 5.56 Å². The zero-order chi connectivity index (χ0) is 13.3. The number of hydrogen-bond donors (Lipinski definition) is 1. The smallest absolute Gasteiger partial charge is 0.264 e. The molecule has 18 heavy (non-hydrogen) atoms. The largest absolute Gasteiger partial charge is 0.309 e. The Labute approximate surface area is 128 Å². The van der Waals surface area contributed by atoms with E-state index >= 15 is 0 Å². The Morgan fingerprint density at radius 3 is 2.72 bits per heavy atom. The second-order valence-electron chi connectivity index (χ2n) is 3.82. The summed E-state index contributed by atoms with van der Waals surface area (Å²) in [4.78, 5) is 18.7. The van der Waals surface area contributed by atoms with E-state index in [1.54, 1.807) is 12.1 Å². The van der Waals surface area contributed by atoms with Crippen LogP contribution in [0.2, 0.25) is 10.0 Å². The SMILES string of the molecule is Cc1nc(Cc2ccc(Cl)cc2Cl)[nH]c(=O)c1I. The van der Waals surface area contributed by atoms with Crippen molar-refractivity contribution in [3.05, 3.63) is 59.3 Å². The molecule has 0 atom stereocenters. The highest BCUT2D eigenvalue weighted by molar-refractivity contribution is 14.1. The van der Waals surface area contributed by atoms with E-state index in [1.165, 1.54) is 0 Å². The van der Waals surface area contributed by atoms with Gasteiger partial charge in [-0.2, -0.15) is 0 Å². The quantitative estimate of drug-likeness (QED) is 0.791. The highest BCUT2D eigenvalue weighted by Gasteiger charge is 2.08. The highest BCUT2D eigenvalue weighted by atomic mass is 127. The summed E-state index contributed by atoms with van der Waals surface area (Å²) in [6, 6.07) is 5.27. The van der Waals surface area contributed by atoms with Crippen LogP contribution in [0.1, 0.15) is 17.1 Å². The predicted molar refractivity (Wildman–Crippen MR) is 81.6 cm³/mol. The Morgan fingerprint density at radius 1 is 1.39 bits per heavy atom. The third kappa shape index (κ3) is 3.05. The molecule has 0 unspecified atom stereocenters. The molecule has 0 spiro atoms. The molecule has 0 amide bonds. The molecule has 1 aromatic heterocycles. The summed E-state index contributed by atoms with van der Waals surface area (Å²) in [6.07, 6.45) is 0.475. The van der Waals surface area contributed by atoms with Crippen LogP contribution in [-0.4, -0.2) is 9.97 Å². The molecule has 1 aromatic carbocycles. The summed E-state index contributed by atoms with van der Waals surface area (Å²) in [5.74, 6) is 0.599. The van der Waals surface area contributed by atoms with E-state index < -0.39 is 0 Å². The predicted octanol–water partition coefficient (Wildman–Crippen LogP) is 3.58. The van der Waals surface area contributed by atoms with E-state index in [2.05, 4.69) is 9.97 Å². The molecule has 2 rings (SSSR count). The third-order valence-corrected chi connectivity index (χ3v) is 4.31. The molecule has 94 valence electrons. The summed E-state index contributed by atoms with van der Waals surface area (Å²) in [5, 5.41) is 1.16. The number of rotatable bonds is 2. The first kappa shape index (κ1) is 13.8. The molecule has 0 saturated heterocycles. The van der Waals surface area contributed by atoms with Gasteiger partial charge < -0.3 is 4.98 Å². The lowest BCUT2D eigenvalue weighted by Crippen LogP contribution is -2.16. The highest BCUT2D eigenvalue weighted by Crippen LogP contribution is 2.22. The van der Waals surface area contributed by atoms with Crippen molar-refractivity contribution in [2.24, 2.45) is 0 Å². The number of aromatic amines is 1. The number of nitrogens with zero attached hydrogens (tertiary/aromatic N) is 1. The number of aryl methyl sites for hydroxylation is 1. The minimum absolute atomic E-state index is 0.122. The molecule has 1 heterocycles. The summed E-state index contributed by atoms with van der Waals surface area (Å²) in [7, 11) is 0. The number of hydrogen-bond acceptors (Lipinski definition) is 2. The molecule has 0 saturated carbocycles. The monoisotopic (exact) mass is 394 g/mol. The first-order chi connectivity index (χ1) is 8.47. The van der Waals surface area contributed by atoms with Crippen molar-refractivity contribution < 1.29 is 0 Å². The Kier molecular flexibility index (Phi) is 4.29. The van der Waals surface area contributed by atoms with Gasteiger partial charge in [0.05, 0.1) is 9.26 Å². The summed E-state index contributed by atoms with van der Waals surface area (Å²) in [6.45, 7) is 1.81. The maximum Gasteiger partial charge on any atom is 0.264 e. The Bertz CT molecular complexity index is 655. The Balaban J connectivity index is 2.37. The van der Waals surface area contributed by atoms with Crippen LogP contribution in [0, 0.1) is 10.5 Å². The van der Waals surface area contributed by atoms with Gasteiger partial charge in [0.15, 0.2) is 0 Å². The zero-order valence-electron chi connectivity index (χ0n) is 9.43. The molecule has 2 aromatic rings. The lowest BCUT2D eigenvalue weighted by atomic mass is 10.1. The van der Waals surface area contributed by atoms with Gasteiger partial charge in [-0.05, 0) is 47.2 Å². The van der Waals surface area contributed by atoms with E-state index in [0.717, 1.165) is 11.3 Å². The van der Waals surface area contributed by atoms with Gasteiger partial charge in [-0.15, -0.1) is 0 Å². The van der Waals surface area contributed by atoms with E-state index in [0.29, 0.717) is 25.9 Å².